The van der Waals surface area contributed by atoms with Crippen molar-refractivity contribution in [3.05, 3.63) is 18.2 Å². The second-order valence-corrected chi connectivity index (χ2v) is 2.69. The monoisotopic (exact) mass is 189 g/mol. The van der Waals surface area contributed by atoms with Gasteiger partial charge in [-0.1, -0.05) is 6.07 Å². The van der Waals surface area contributed by atoms with Gasteiger partial charge in [-0.25, -0.2) is 0 Å². The van der Waals surface area contributed by atoms with Crippen molar-refractivity contribution in [3.63, 3.8) is 0 Å². The van der Waals surface area contributed by atoms with Crippen LogP contribution in [0.25, 0.3) is 0 Å². The second kappa shape index (κ2) is 2.58. The third-order valence-corrected chi connectivity index (χ3v) is 1.77. The van der Waals surface area contributed by atoms with E-state index in [2.05, 4.69) is 0 Å². The van der Waals surface area contributed by atoms with Crippen molar-refractivity contribution in [2.45, 2.75) is 0 Å². The zero-order valence-electron chi connectivity index (χ0n) is 6.47. The van der Waals surface area contributed by atoms with E-state index in [-0.39, 0.29) is 12.5 Å². The van der Waals surface area contributed by atoms with Crippen LogP contribution in [0.5, 0.6) is 11.5 Å². The predicted octanol–water partition coefficient (Wildman–Crippen LogP) is 1.47. The minimum atomic E-state index is -4.95. The molecule has 0 amide bonds. The van der Waals surface area contributed by atoms with Gasteiger partial charge in [0.05, 0.1) is 0 Å². The van der Waals surface area contributed by atoms with Crippen molar-refractivity contribution in [2.24, 2.45) is 0 Å². The van der Waals surface area contributed by atoms with Gasteiger partial charge in [0.15, 0.2) is 11.5 Å². The van der Waals surface area contributed by atoms with Crippen LogP contribution in [0.2, 0.25) is 0 Å². The molecule has 1 aliphatic heterocycles. The van der Waals surface area contributed by atoms with Gasteiger partial charge in [0.1, 0.15) is 0 Å². The molecule has 13 heavy (non-hydrogen) atoms. The molecule has 0 bridgehead atoms. The van der Waals surface area contributed by atoms with Crippen LogP contribution in [0.4, 0.5) is 12.9 Å². The lowest BCUT2D eigenvalue weighted by Gasteiger charge is -2.14. The van der Waals surface area contributed by atoms with E-state index in [1.54, 1.807) is 0 Å². The first-order valence-corrected chi connectivity index (χ1v) is 3.67. The summed E-state index contributed by atoms with van der Waals surface area (Å²) in [4.78, 5) is 0. The minimum absolute atomic E-state index is 0.0103. The van der Waals surface area contributed by atoms with Gasteiger partial charge >= 0.3 is 6.98 Å². The molecule has 0 fully saturated rings. The summed E-state index contributed by atoms with van der Waals surface area (Å²) < 4.78 is 46.4. The summed E-state index contributed by atoms with van der Waals surface area (Å²) in [6.07, 6.45) is 0. The minimum Gasteiger partial charge on any atom is -0.454 e. The van der Waals surface area contributed by atoms with Gasteiger partial charge in [0, 0.05) is 0 Å². The Bertz CT molecular complexity index is 337. The molecule has 0 spiro atoms. The molecule has 0 unspecified atom stereocenters. The fourth-order valence-corrected chi connectivity index (χ4v) is 1.12. The van der Waals surface area contributed by atoms with Crippen LogP contribution in [0.15, 0.2) is 18.2 Å². The van der Waals surface area contributed by atoms with E-state index in [4.69, 9.17) is 9.47 Å². The summed E-state index contributed by atoms with van der Waals surface area (Å²) in [5.74, 6) is 0.528. The van der Waals surface area contributed by atoms with Crippen molar-refractivity contribution in [1.82, 2.24) is 0 Å². The van der Waals surface area contributed by atoms with Gasteiger partial charge in [-0.3, -0.25) is 0 Å². The maximum atomic E-state index is 12.2. The number of rotatable bonds is 1. The lowest BCUT2D eigenvalue weighted by molar-refractivity contribution is 0.174. The fourth-order valence-electron chi connectivity index (χ4n) is 1.12. The molecule has 0 atom stereocenters. The van der Waals surface area contributed by atoms with Crippen LogP contribution < -0.4 is 14.9 Å². The first-order chi connectivity index (χ1) is 6.07. The van der Waals surface area contributed by atoms with Gasteiger partial charge < -0.3 is 22.4 Å². The standard InChI is InChI=1S/C7H5BF3O2/c9-8(10,11)5-1-2-6-7(3-5)13-4-12-6/h1-3H,4H2/q-1. The Morgan fingerprint density at radius 2 is 1.77 bits per heavy atom. The number of hydrogen-bond donors (Lipinski definition) is 0. The maximum Gasteiger partial charge on any atom is 0.509 e. The SMILES string of the molecule is F[B-](F)(F)c1ccc2c(c1)OCO2. The van der Waals surface area contributed by atoms with Crippen molar-refractivity contribution in [2.75, 3.05) is 6.79 Å². The largest absolute Gasteiger partial charge is 0.509 e. The summed E-state index contributed by atoms with van der Waals surface area (Å²) in [7, 11) is 0. The van der Waals surface area contributed by atoms with E-state index in [9.17, 15) is 12.9 Å². The first-order valence-electron chi connectivity index (χ1n) is 3.67. The molecule has 1 aromatic carbocycles. The molecule has 0 saturated carbocycles. The molecule has 0 N–H and O–H groups in total. The zero-order chi connectivity index (χ0) is 9.47. The molecule has 0 aliphatic carbocycles. The van der Waals surface area contributed by atoms with Crippen molar-refractivity contribution >= 4 is 12.4 Å². The number of hydrogen-bond acceptors (Lipinski definition) is 2. The lowest BCUT2D eigenvalue weighted by atomic mass is 9.80. The molecular formula is C7H5BF3O2-. The average molecular weight is 189 g/mol. The summed E-state index contributed by atoms with van der Waals surface area (Å²) in [6, 6.07) is 3.22. The molecule has 2 nitrogen and oxygen atoms in total. The Hall–Kier alpha value is -1.33. The third kappa shape index (κ3) is 1.43. The normalized spacial score (nSPS) is 14.7. The highest BCUT2D eigenvalue weighted by Crippen LogP contribution is 2.31. The molecule has 70 valence electrons. The Kier molecular flexibility index (Phi) is 1.64. The number of benzene rings is 1. The Morgan fingerprint density at radius 1 is 1.08 bits per heavy atom. The summed E-state index contributed by atoms with van der Waals surface area (Å²) in [5, 5.41) is 0. The van der Waals surface area contributed by atoms with Gasteiger partial charge in [-0.2, -0.15) is 0 Å². The van der Waals surface area contributed by atoms with Crippen LogP contribution >= 0.6 is 0 Å². The molecule has 1 aliphatic rings. The van der Waals surface area contributed by atoms with Crippen LogP contribution in [-0.4, -0.2) is 13.8 Å². The Morgan fingerprint density at radius 3 is 2.46 bits per heavy atom. The molecule has 1 heterocycles. The summed E-state index contributed by atoms with van der Waals surface area (Å²) >= 11 is 0. The van der Waals surface area contributed by atoms with E-state index >= 15 is 0 Å². The van der Waals surface area contributed by atoms with Crippen molar-refractivity contribution in [3.8, 4) is 11.5 Å². The highest BCUT2D eigenvalue weighted by molar-refractivity contribution is 6.73. The van der Waals surface area contributed by atoms with E-state index in [1.165, 1.54) is 6.07 Å². The van der Waals surface area contributed by atoms with Gasteiger partial charge in [-0.15, -0.1) is 5.46 Å². The molecular weight excluding hydrogens is 184 g/mol. The van der Waals surface area contributed by atoms with E-state index in [1.807, 2.05) is 0 Å². The van der Waals surface area contributed by atoms with Gasteiger partial charge in [-0.05, 0) is 12.1 Å². The van der Waals surface area contributed by atoms with Gasteiger partial charge in [0.2, 0.25) is 6.79 Å². The Labute approximate surface area is 72.3 Å². The molecule has 0 aromatic heterocycles. The highest BCUT2D eigenvalue weighted by Gasteiger charge is 2.27. The highest BCUT2D eigenvalue weighted by atomic mass is 19.4. The lowest BCUT2D eigenvalue weighted by Crippen LogP contribution is -2.33. The average Bonchev–Trinajstić information content (AvgIpc) is 2.47. The van der Waals surface area contributed by atoms with Crippen molar-refractivity contribution in [1.29, 1.82) is 0 Å². The summed E-state index contributed by atoms with van der Waals surface area (Å²) in [6.45, 7) is -4.96. The first kappa shape index (κ1) is 8.28. The molecule has 6 heteroatoms. The van der Waals surface area contributed by atoms with Crippen LogP contribution in [-0.2, 0) is 0 Å². The number of halogens is 3. The van der Waals surface area contributed by atoms with Crippen LogP contribution in [0, 0.1) is 0 Å². The third-order valence-electron chi connectivity index (χ3n) is 1.77. The van der Waals surface area contributed by atoms with E-state index in [0.29, 0.717) is 5.75 Å². The summed E-state index contributed by atoms with van der Waals surface area (Å²) in [5.41, 5.74) is -0.663. The maximum absolute atomic E-state index is 12.2. The molecule has 1 aromatic rings. The topological polar surface area (TPSA) is 18.5 Å². The van der Waals surface area contributed by atoms with Crippen LogP contribution in [0.3, 0.4) is 0 Å². The zero-order valence-corrected chi connectivity index (χ0v) is 6.47. The molecule has 0 radical (unpaired) electrons. The molecule has 2 rings (SSSR count). The quantitative estimate of drug-likeness (QED) is 0.622. The smallest absolute Gasteiger partial charge is 0.454 e. The fraction of sp³-hybridized carbons (Fsp3) is 0.143. The van der Waals surface area contributed by atoms with E-state index < -0.39 is 12.4 Å². The van der Waals surface area contributed by atoms with E-state index in [0.717, 1.165) is 12.1 Å². The Balaban J connectivity index is 2.42. The van der Waals surface area contributed by atoms with Crippen LogP contribution in [0.1, 0.15) is 0 Å². The number of fused-ring (bicyclic) bond motifs is 1. The number of ether oxygens (including phenoxy) is 2. The molecule has 0 saturated heterocycles. The predicted molar refractivity (Wildman–Crippen MR) is 41.3 cm³/mol. The van der Waals surface area contributed by atoms with Crippen molar-refractivity contribution < 1.29 is 22.4 Å². The second-order valence-electron chi connectivity index (χ2n) is 2.69. The van der Waals surface area contributed by atoms with Gasteiger partial charge in [0.25, 0.3) is 0 Å².